The minimum atomic E-state index is -0.381. The summed E-state index contributed by atoms with van der Waals surface area (Å²) in [5.41, 5.74) is 1.52. The maximum atomic E-state index is 6.18. The fourth-order valence-electron chi connectivity index (χ4n) is 2.16. The lowest BCUT2D eigenvalue weighted by molar-refractivity contribution is 0.337. The van der Waals surface area contributed by atoms with E-state index >= 15 is 0 Å². The average Bonchev–Trinajstić information content (AvgIpc) is 2.99. The van der Waals surface area contributed by atoms with Crippen molar-refractivity contribution >= 4 is 11.6 Å². The van der Waals surface area contributed by atoms with E-state index in [-0.39, 0.29) is 5.54 Å². The Morgan fingerprint density at radius 3 is 2.33 bits per heavy atom. The topological polar surface area (TPSA) is 43.6 Å². The Hall–Kier alpha value is -2.20. The zero-order chi connectivity index (χ0) is 14.9. The summed E-state index contributed by atoms with van der Waals surface area (Å²) in [7, 11) is 0. The van der Waals surface area contributed by atoms with Crippen LogP contribution in [0, 0.1) is 0 Å². The number of tetrazole rings is 1. The average molecular weight is 299 g/mol. The highest BCUT2D eigenvalue weighted by Crippen LogP contribution is 2.27. The molecule has 0 aliphatic carbocycles. The van der Waals surface area contributed by atoms with Gasteiger partial charge in [-0.15, -0.1) is 10.2 Å². The largest absolute Gasteiger partial charge is 0.206 e. The van der Waals surface area contributed by atoms with Crippen LogP contribution < -0.4 is 0 Å². The van der Waals surface area contributed by atoms with Crippen molar-refractivity contribution in [3.05, 3.63) is 65.2 Å². The molecule has 1 aromatic heterocycles. The number of benzene rings is 2. The molecule has 106 valence electrons. The molecule has 5 heteroatoms. The molecule has 0 atom stereocenters. The Balaban J connectivity index is 2.01. The van der Waals surface area contributed by atoms with E-state index in [1.807, 2.05) is 42.5 Å². The maximum absolute atomic E-state index is 6.18. The van der Waals surface area contributed by atoms with Crippen LogP contribution in [-0.4, -0.2) is 20.2 Å². The lowest BCUT2D eigenvalue weighted by Crippen LogP contribution is -2.30. The summed E-state index contributed by atoms with van der Waals surface area (Å²) in [4.78, 5) is 1.63. The van der Waals surface area contributed by atoms with Crippen molar-refractivity contribution in [2.24, 2.45) is 0 Å². The maximum Gasteiger partial charge on any atom is 0.206 e. The molecule has 0 unspecified atom stereocenters. The standard InChI is InChI=1S/C16H15ClN4/c1-16(2,12-8-4-3-5-9-12)21-19-15(18-20-21)13-10-6-7-11-14(13)17/h3-11H,1-2H3. The fraction of sp³-hybridized carbons (Fsp3) is 0.188. The molecule has 3 rings (SSSR count). The lowest BCUT2D eigenvalue weighted by atomic mass is 9.95. The molecule has 0 saturated heterocycles. The summed E-state index contributed by atoms with van der Waals surface area (Å²) in [6, 6.07) is 17.6. The van der Waals surface area contributed by atoms with E-state index in [1.54, 1.807) is 4.80 Å². The normalized spacial score (nSPS) is 11.6. The van der Waals surface area contributed by atoms with Gasteiger partial charge in [-0.05, 0) is 36.8 Å². The van der Waals surface area contributed by atoms with Gasteiger partial charge in [-0.25, -0.2) is 0 Å². The van der Waals surface area contributed by atoms with Crippen molar-refractivity contribution in [2.75, 3.05) is 0 Å². The summed E-state index contributed by atoms with van der Waals surface area (Å²) in [6.45, 7) is 4.11. The van der Waals surface area contributed by atoms with Gasteiger partial charge in [0.2, 0.25) is 5.82 Å². The minimum absolute atomic E-state index is 0.381. The van der Waals surface area contributed by atoms with Crippen molar-refractivity contribution in [3.63, 3.8) is 0 Å². The molecule has 0 N–H and O–H groups in total. The van der Waals surface area contributed by atoms with Gasteiger partial charge in [0.05, 0.1) is 5.02 Å². The van der Waals surface area contributed by atoms with Gasteiger partial charge in [-0.2, -0.15) is 4.80 Å². The first-order valence-corrected chi connectivity index (χ1v) is 7.08. The monoisotopic (exact) mass is 298 g/mol. The van der Waals surface area contributed by atoms with Gasteiger partial charge in [-0.3, -0.25) is 0 Å². The third-order valence-electron chi connectivity index (χ3n) is 3.51. The van der Waals surface area contributed by atoms with E-state index < -0.39 is 0 Å². The quantitative estimate of drug-likeness (QED) is 0.739. The van der Waals surface area contributed by atoms with Crippen LogP contribution in [0.5, 0.6) is 0 Å². The second-order valence-corrected chi connectivity index (χ2v) is 5.71. The molecular formula is C16H15ClN4. The van der Waals surface area contributed by atoms with E-state index in [2.05, 4.69) is 41.4 Å². The predicted molar refractivity (Wildman–Crippen MR) is 83.1 cm³/mol. The van der Waals surface area contributed by atoms with Gasteiger partial charge >= 0.3 is 0 Å². The molecule has 0 aliphatic heterocycles. The molecular weight excluding hydrogens is 284 g/mol. The predicted octanol–water partition coefficient (Wildman–Crippen LogP) is 3.78. The Kier molecular flexibility index (Phi) is 3.47. The summed E-state index contributed by atoms with van der Waals surface area (Å²) in [5, 5.41) is 13.5. The number of hydrogen-bond acceptors (Lipinski definition) is 3. The van der Waals surface area contributed by atoms with Gasteiger partial charge in [0, 0.05) is 5.56 Å². The van der Waals surface area contributed by atoms with Crippen LogP contribution in [-0.2, 0) is 5.54 Å². The molecule has 0 saturated carbocycles. The summed E-state index contributed by atoms with van der Waals surface area (Å²) in [5.74, 6) is 0.532. The van der Waals surface area contributed by atoms with E-state index in [1.165, 1.54) is 0 Å². The Bertz CT molecular complexity index is 750. The van der Waals surface area contributed by atoms with Crippen LogP contribution in [0.15, 0.2) is 54.6 Å². The van der Waals surface area contributed by atoms with E-state index in [9.17, 15) is 0 Å². The minimum Gasteiger partial charge on any atom is -0.154 e. The van der Waals surface area contributed by atoms with Crippen LogP contribution in [0.3, 0.4) is 0 Å². The molecule has 0 amide bonds. The molecule has 21 heavy (non-hydrogen) atoms. The number of hydrogen-bond donors (Lipinski definition) is 0. The van der Waals surface area contributed by atoms with Crippen LogP contribution in [0.4, 0.5) is 0 Å². The highest BCUT2D eigenvalue weighted by molar-refractivity contribution is 6.33. The molecule has 4 nitrogen and oxygen atoms in total. The van der Waals surface area contributed by atoms with Crippen LogP contribution >= 0.6 is 11.6 Å². The van der Waals surface area contributed by atoms with Crippen molar-refractivity contribution in [1.82, 2.24) is 20.2 Å². The smallest absolute Gasteiger partial charge is 0.154 e. The molecule has 1 heterocycles. The van der Waals surface area contributed by atoms with Crippen LogP contribution in [0.25, 0.3) is 11.4 Å². The van der Waals surface area contributed by atoms with Crippen molar-refractivity contribution < 1.29 is 0 Å². The highest BCUT2D eigenvalue weighted by atomic mass is 35.5. The number of rotatable bonds is 3. The third kappa shape index (κ3) is 2.54. The van der Waals surface area contributed by atoms with Gasteiger partial charge in [0.1, 0.15) is 5.54 Å². The first-order valence-electron chi connectivity index (χ1n) is 6.70. The second-order valence-electron chi connectivity index (χ2n) is 5.31. The molecule has 0 bridgehead atoms. The third-order valence-corrected chi connectivity index (χ3v) is 3.84. The highest BCUT2D eigenvalue weighted by Gasteiger charge is 2.26. The zero-order valence-electron chi connectivity index (χ0n) is 11.9. The first-order chi connectivity index (χ1) is 10.1. The van der Waals surface area contributed by atoms with Crippen molar-refractivity contribution in [1.29, 1.82) is 0 Å². The van der Waals surface area contributed by atoms with Gasteiger partial charge in [0.15, 0.2) is 0 Å². The van der Waals surface area contributed by atoms with Gasteiger partial charge in [-0.1, -0.05) is 54.1 Å². The van der Waals surface area contributed by atoms with Gasteiger partial charge in [0.25, 0.3) is 0 Å². The summed E-state index contributed by atoms with van der Waals surface area (Å²) in [6.07, 6.45) is 0. The zero-order valence-corrected chi connectivity index (χ0v) is 12.6. The first kappa shape index (κ1) is 13.8. The number of aromatic nitrogens is 4. The molecule has 2 aromatic carbocycles. The Morgan fingerprint density at radius 2 is 1.62 bits per heavy atom. The fourth-order valence-corrected chi connectivity index (χ4v) is 2.38. The van der Waals surface area contributed by atoms with Crippen molar-refractivity contribution in [2.45, 2.75) is 19.4 Å². The number of nitrogens with zero attached hydrogens (tertiary/aromatic N) is 4. The molecule has 0 spiro atoms. The summed E-state index contributed by atoms with van der Waals surface area (Å²) < 4.78 is 0. The van der Waals surface area contributed by atoms with E-state index in [4.69, 9.17) is 11.6 Å². The van der Waals surface area contributed by atoms with Crippen LogP contribution in [0.2, 0.25) is 5.02 Å². The Labute approximate surface area is 128 Å². The molecule has 0 aliphatic rings. The van der Waals surface area contributed by atoms with E-state index in [0.717, 1.165) is 11.1 Å². The lowest BCUT2D eigenvalue weighted by Gasteiger charge is -2.23. The second kappa shape index (κ2) is 5.30. The molecule has 0 radical (unpaired) electrons. The van der Waals surface area contributed by atoms with Crippen molar-refractivity contribution in [3.8, 4) is 11.4 Å². The summed E-state index contributed by atoms with van der Waals surface area (Å²) >= 11 is 6.18. The Morgan fingerprint density at radius 1 is 0.952 bits per heavy atom. The number of halogens is 1. The molecule has 0 fully saturated rings. The SMILES string of the molecule is CC(C)(c1ccccc1)n1nnc(-c2ccccc2Cl)n1. The van der Waals surface area contributed by atoms with E-state index in [0.29, 0.717) is 10.8 Å². The van der Waals surface area contributed by atoms with Crippen LogP contribution in [0.1, 0.15) is 19.4 Å². The molecule has 3 aromatic rings. The van der Waals surface area contributed by atoms with Gasteiger partial charge < -0.3 is 0 Å².